The number of nitriles is 1. The van der Waals surface area contributed by atoms with Crippen LogP contribution in [-0.4, -0.2) is 18.2 Å². The summed E-state index contributed by atoms with van der Waals surface area (Å²) in [6, 6.07) is 9.33. The number of carboxylic acids is 1. The van der Waals surface area contributed by atoms with Gasteiger partial charge in [-0.25, -0.2) is 0 Å². The number of carbonyl (C=O) groups is 1. The van der Waals surface area contributed by atoms with Crippen LogP contribution in [-0.2, 0) is 4.79 Å². The van der Waals surface area contributed by atoms with Crippen molar-refractivity contribution in [2.75, 3.05) is 7.11 Å². The highest BCUT2D eigenvalue weighted by molar-refractivity contribution is 5.81. The third kappa shape index (κ3) is 2.39. The Morgan fingerprint density at radius 3 is 2.40 bits per heavy atom. The van der Waals surface area contributed by atoms with Crippen molar-refractivity contribution >= 4 is 11.5 Å². The Labute approximate surface area is 118 Å². The molecule has 0 aromatic heterocycles. The molecule has 1 saturated carbocycles. The molecule has 1 fully saturated rings. The zero-order valence-electron chi connectivity index (χ0n) is 11.8. The second-order valence-corrected chi connectivity index (χ2v) is 5.58. The van der Waals surface area contributed by atoms with Gasteiger partial charge in [0.15, 0.2) is 0 Å². The molecule has 1 aromatic rings. The van der Waals surface area contributed by atoms with E-state index in [4.69, 9.17) is 9.84 Å². The molecule has 0 radical (unpaired) electrons. The Morgan fingerprint density at radius 2 is 2.00 bits per heavy atom. The van der Waals surface area contributed by atoms with E-state index in [0.29, 0.717) is 5.57 Å². The molecule has 0 aliphatic heterocycles. The molecule has 0 spiro atoms. The van der Waals surface area contributed by atoms with Crippen LogP contribution in [0.1, 0.15) is 19.4 Å². The maximum Gasteiger partial charge on any atom is 0.307 e. The molecular weight excluding hydrogens is 254 g/mol. The molecule has 20 heavy (non-hydrogen) atoms. The number of hydrogen-bond donors (Lipinski definition) is 1. The van der Waals surface area contributed by atoms with Gasteiger partial charge in [-0.1, -0.05) is 19.9 Å². The highest BCUT2D eigenvalue weighted by Crippen LogP contribution is 2.59. The number of aliphatic carboxylic acids is 1. The number of allylic oxidation sites excluding steroid dienone is 2. The van der Waals surface area contributed by atoms with Crippen molar-refractivity contribution < 1.29 is 14.6 Å². The van der Waals surface area contributed by atoms with Crippen molar-refractivity contribution in [1.82, 2.24) is 0 Å². The number of methoxy groups -OCH3 is 1. The number of carboxylic acid groups (broad SMARTS) is 1. The van der Waals surface area contributed by atoms with E-state index in [0.717, 1.165) is 11.3 Å². The minimum Gasteiger partial charge on any atom is -0.497 e. The van der Waals surface area contributed by atoms with Gasteiger partial charge in [0.1, 0.15) is 5.75 Å². The fraction of sp³-hybridized carbons (Fsp3) is 0.375. The molecular formula is C16H17NO3. The highest BCUT2D eigenvalue weighted by atomic mass is 16.5. The minimum atomic E-state index is -0.803. The lowest BCUT2D eigenvalue weighted by molar-refractivity contribution is -0.139. The Bertz CT molecular complexity index is 593. The first-order valence-electron chi connectivity index (χ1n) is 6.41. The van der Waals surface area contributed by atoms with Crippen molar-refractivity contribution in [3.05, 3.63) is 35.9 Å². The molecule has 0 amide bonds. The van der Waals surface area contributed by atoms with E-state index in [-0.39, 0.29) is 11.3 Å². The van der Waals surface area contributed by atoms with E-state index in [1.54, 1.807) is 37.5 Å². The van der Waals surface area contributed by atoms with Crippen LogP contribution in [0.5, 0.6) is 5.75 Å². The van der Waals surface area contributed by atoms with Gasteiger partial charge in [0.05, 0.1) is 24.7 Å². The third-order valence-electron chi connectivity index (χ3n) is 4.04. The lowest BCUT2D eigenvalue weighted by Crippen LogP contribution is -2.03. The first kappa shape index (κ1) is 14.1. The summed E-state index contributed by atoms with van der Waals surface area (Å²) in [5.41, 5.74) is 0.995. The number of hydrogen-bond acceptors (Lipinski definition) is 3. The van der Waals surface area contributed by atoms with Crippen molar-refractivity contribution in [2.45, 2.75) is 13.8 Å². The number of ether oxygens (including phenoxy) is 1. The number of benzene rings is 1. The van der Waals surface area contributed by atoms with Crippen LogP contribution in [0.25, 0.3) is 5.57 Å². The van der Waals surface area contributed by atoms with Crippen LogP contribution in [0.4, 0.5) is 0 Å². The Balaban J connectivity index is 2.27. The van der Waals surface area contributed by atoms with E-state index >= 15 is 0 Å². The SMILES string of the molecule is COc1ccc(/C(C#N)=C/C2C(C(=O)O)C2(C)C)cc1. The Kier molecular flexibility index (Phi) is 3.54. The highest BCUT2D eigenvalue weighted by Gasteiger charge is 2.61. The smallest absolute Gasteiger partial charge is 0.307 e. The summed E-state index contributed by atoms with van der Waals surface area (Å²) >= 11 is 0. The second kappa shape index (κ2) is 5.01. The maximum atomic E-state index is 11.1. The summed E-state index contributed by atoms with van der Waals surface area (Å²) in [4.78, 5) is 11.1. The van der Waals surface area contributed by atoms with Crippen LogP contribution < -0.4 is 4.74 Å². The lowest BCUT2D eigenvalue weighted by Gasteiger charge is -2.03. The summed E-state index contributed by atoms with van der Waals surface area (Å²) in [6.07, 6.45) is 1.78. The summed E-state index contributed by atoms with van der Waals surface area (Å²) in [7, 11) is 1.58. The topological polar surface area (TPSA) is 70.3 Å². The summed E-state index contributed by atoms with van der Waals surface area (Å²) in [5, 5.41) is 18.4. The average Bonchev–Trinajstić information content (AvgIpc) is 2.97. The third-order valence-corrected chi connectivity index (χ3v) is 4.04. The molecule has 1 aliphatic rings. The lowest BCUT2D eigenvalue weighted by atomic mass is 10.0. The molecule has 1 aromatic carbocycles. The summed E-state index contributed by atoms with van der Waals surface area (Å²) in [6.45, 7) is 3.83. The zero-order valence-corrected chi connectivity index (χ0v) is 11.8. The summed E-state index contributed by atoms with van der Waals surface area (Å²) < 4.78 is 5.08. The van der Waals surface area contributed by atoms with E-state index in [2.05, 4.69) is 6.07 Å². The van der Waals surface area contributed by atoms with Crippen LogP contribution in [0.2, 0.25) is 0 Å². The molecule has 104 valence electrons. The van der Waals surface area contributed by atoms with Gasteiger partial charge < -0.3 is 9.84 Å². The normalized spacial score (nSPS) is 23.8. The predicted octanol–water partition coefficient (Wildman–Crippen LogP) is 2.96. The largest absolute Gasteiger partial charge is 0.497 e. The van der Waals surface area contributed by atoms with Gasteiger partial charge in [-0.3, -0.25) is 4.79 Å². The quantitative estimate of drug-likeness (QED) is 0.855. The van der Waals surface area contributed by atoms with Crippen molar-refractivity contribution in [3.8, 4) is 11.8 Å². The fourth-order valence-corrected chi connectivity index (χ4v) is 2.61. The minimum absolute atomic E-state index is 0.100. The van der Waals surface area contributed by atoms with Gasteiger partial charge in [-0.15, -0.1) is 0 Å². The molecule has 2 rings (SSSR count). The molecule has 2 unspecified atom stereocenters. The average molecular weight is 271 g/mol. The van der Waals surface area contributed by atoms with Gasteiger partial charge in [-0.2, -0.15) is 5.26 Å². The first-order chi connectivity index (χ1) is 9.41. The van der Waals surface area contributed by atoms with E-state index < -0.39 is 11.9 Å². The van der Waals surface area contributed by atoms with Gasteiger partial charge in [-0.05, 0) is 41.2 Å². The molecule has 0 bridgehead atoms. The van der Waals surface area contributed by atoms with Crippen LogP contribution in [0.3, 0.4) is 0 Å². The van der Waals surface area contributed by atoms with Gasteiger partial charge in [0.25, 0.3) is 0 Å². The van der Waals surface area contributed by atoms with Crippen molar-refractivity contribution in [2.24, 2.45) is 17.3 Å². The monoisotopic (exact) mass is 271 g/mol. The Morgan fingerprint density at radius 1 is 1.40 bits per heavy atom. The van der Waals surface area contributed by atoms with Crippen LogP contribution >= 0.6 is 0 Å². The van der Waals surface area contributed by atoms with E-state index in [1.165, 1.54) is 0 Å². The van der Waals surface area contributed by atoms with Gasteiger partial charge in [0.2, 0.25) is 0 Å². The zero-order chi connectivity index (χ0) is 14.9. The summed E-state index contributed by atoms with van der Waals surface area (Å²) in [5.74, 6) is -0.592. The first-order valence-corrected chi connectivity index (χ1v) is 6.41. The molecule has 1 aliphatic carbocycles. The Hall–Kier alpha value is -2.28. The van der Waals surface area contributed by atoms with Crippen LogP contribution in [0, 0.1) is 28.6 Å². The molecule has 2 atom stereocenters. The molecule has 4 heteroatoms. The van der Waals surface area contributed by atoms with Gasteiger partial charge >= 0.3 is 5.97 Å². The standard InChI is InChI=1S/C16H17NO3/c1-16(2)13(14(16)15(18)19)8-11(9-17)10-4-6-12(20-3)7-5-10/h4-8,13-14H,1-3H3,(H,18,19)/b11-8+. The number of rotatable bonds is 4. The molecule has 4 nitrogen and oxygen atoms in total. The molecule has 0 saturated heterocycles. The molecule has 0 heterocycles. The van der Waals surface area contributed by atoms with Gasteiger partial charge in [0, 0.05) is 0 Å². The number of nitrogens with zero attached hydrogens (tertiary/aromatic N) is 1. The van der Waals surface area contributed by atoms with E-state index in [1.807, 2.05) is 13.8 Å². The molecule has 1 N–H and O–H groups in total. The van der Waals surface area contributed by atoms with E-state index in [9.17, 15) is 10.1 Å². The fourth-order valence-electron chi connectivity index (χ4n) is 2.61. The van der Waals surface area contributed by atoms with Crippen molar-refractivity contribution in [3.63, 3.8) is 0 Å². The van der Waals surface area contributed by atoms with Crippen molar-refractivity contribution in [1.29, 1.82) is 5.26 Å². The maximum absolute atomic E-state index is 11.1. The van der Waals surface area contributed by atoms with Crippen LogP contribution in [0.15, 0.2) is 30.3 Å². The predicted molar refractivity (Wildman–Crippen MR) is 75.0 cm³/mol. The second-order valence-electron chi connectivity index (χ2n) is 5.58.